The molecule has 0 bridgehead atoms. The van der Waals surface area contributed by atoms with Crippen molar-refractivity contribution in [3.63, 3.8) is 0 Å². The van der Waals surface area contributed by atoms with Crippen molar-refractivity contribution >= 4 is 5.97 Å². The Labute approximate surface area is 123 Å². The predicted molar refractivity (Wildman–Crippen MR) is 81.9 cm³/mol. The molecule has 0 aromatic heterocycles. The Bertz CT molecular complexity index is 294. The zero-order valence-corrected chi connectivity index (χ0v) is 13.7. The average molecular weight is 285 g/mol. The van der Waals surface area contributed by atoms with Crippen molar-refractivity contribution < 1.29 is 9.53 Å². The molecule has 20 heavy (non-hydrogen) atoms. The van der Waals surface area contributed by atoms with E-state index in [1.165, 1.54) is 0 Å². The number of nitrogens with zero attached hydrogens (tertiary/aromatic N) is 2. The molecule has 1 saturated heterocycles. The van der Waals surface area contributed by atoms with Gasteiger partial charge in [0.1, 0.15) is 6.04 Å². The molecule has 1 N–H and O–H groups in total. The first-order valence-corrected chi connectivity index (χ1v) is 7.69. The third kappa shape index (κ3) is 5.38. The van der Waals surface area contributed by atoms with Gasteiger partial charge in [0, 0.05) is 38.3 Å². The summed E-state index contributed by atoms with van der Waals surface area (Å²) in [6.45, 7) is 14.4. The van der Waals surface area contributed by atoms with Crippen LogP contribution in [0, 0.1) is 0 Å². The maximum atomic E-state index is 11.7. The molecule has 0 aromatic rings. The molecule has 0 radical (unpaired) electrons. The highest BCUT2D eigenvalue weighted by molar-refractivity contribution is 5.75. The third-order valence-corrected chi connectivity index (χ3v) is 3.97. The number of carbonyl (C=O) groups excluding carboxylic acids is 1. The van der Waals surface area contributed by atoms with Crippen LogP contribution in [-0.2, 0) is 9.53 Å². The van der Waals surface area contributed by atoms with Gasteiger partial charge in [-0.3, -0.25) is 9.69 Å². The van der Waals surface area contributed by atoms with Crippen molar-refractivity contribution in [2.45, 2.75) is 45.7 Å². The van der Waals surface area contributed by atoms with Crippen LogP contribution in [0.2, 0.25) is 0 Å². The summed E-state index contributed by atoms with van der Waals surface area (Å²) in [4.78, 5) is 16.7. The minimum atomic E-state index is -0.185. The Morgan fingerprint density at radius 2 is 1.85 bits per heavy atom. The van der Waals surface area contributed by atoms with Gasteiger partial charge in [0.25, 0.3) is 0 Å². The normalized spacial score (nSPS) is 19.9. The number of likely N-dealkylation sites (N-methyl/N-ethyl adjacent to an activating group) is 1. The summed E-state index contributed by atoms with van der Waals surface area (Å²) in [6.07, 6.45) is 0.810. The predicted octanol–water partition coefficient (Wildman–Crippen LogP) is 0.944. The number of rotatable bonds is 6. The van der Waals surface area contributed by atoms with E-state index in [1.807, 2.05) is 14.0 Å². The smallest absolute Gasteiger partial charge is 0.323 e. The first-order chi connectivity index (χ1) is 9.38. The van der Waals surface area contributed by atoms with Gasteiger partial charge in [0.05, 0.1) is 6.61 Å². The van der Waals surface area contributed by atoms with Crippen molar-refractivity contribution in [3.8, 4) is 0 Å². The van der Waals surface area contributed by atoms with Crippen LogP contribution in [0.1, 0.15) is 34.1 Å². The fraction of sp³-hybridized carbons (Fsp3) is 0.933. The van der Waals surface area contributed by atoms with Crippen molar-refractivity contribution in [3.05, 3.63) is 0 Å². The van der Waals surface area contributed by atoms with E-state index in [1.54, 1.807) is 0 Å². The second-order valence-electron chi connectivity index (χ2n) is 6.38. The van der Waals surface area contributed by atoms with Gasteiger partial charge in [0.2, 0.25) is 0 Å². The molecule has 1 rings (SSSR count). The molecule has 1 fully saturated rings. The molecule has 0 aromatic carbocycles. The lowest BCUT2D eigenvalue weighted by molar-refractivity contribution is -0.145. The quantitative estimate of drug-likeness (QED) is 0.736. The summed E-state index contributed by atoms with van der Waals surface area (Å²) in [7, 11) is 1.82. The zero-order valence-electron chi connectivity index (χ0n) is 13.7. The maximum Gasteiger partial charge on any atom is 0.323 e. The summed E-state index contributed by atoms with van der Waals surface area (Å²) in [5.74, 6) is -0.136. The van der Waals surface area contributed by atoms with Crippen LogP contribution in [0.15, 0.2) is 0 Å². The van der Waals surface area contributed by atoms with Gasteiger partial charge >= 0.3 is 5.97 Å². The standard InChI is InChI=1S/C15H31N3O2/c1-6-20-14(19)13(16-5)7-8-17-9-11-18(12-10-17)15(2,3)4/h13,16H,6-12H2,1-5H3. The monoisotopic (exact) mass is 285 g/mol. The van der Waals surface area contributed by atoms with Gasteiger partial charge in [0.15, 0.2) is 0 Å². The van der Waals surface area contributed by atoms with Crippen LogP contribution in [0.5, 0.6) is 0 Å². The van der Waals surface area contributed by atoms with E-state index in [2.05, 4.69) is 35.9 Å². The molecule has 0 amide bonds. The van der Waals surface area contributed by atoms with E-state index in [-0.39, 0.29) is 17.6 Å². The molecular formula is C15H31N3O2. The van der Waals surface area contributed by atoms with Crippen LogP contribution < -0.4 is 5.32 Å². The van der Waals surface area contributed by atoms with Gasteiger partial charge in [-0.1, -0.05) is 0 Å². The van der Waals surface area contributed by atoms with Crippen molar-refractivity contribution in [2.75, 3.05) is 46.4 Å². The van der Waals surface area contributed by atoms with Gasteiger partial charge in [-0.25, -0.2) is 0 Å². The molecule has 1 atom stereocenters. The minimum absolute atomic E-state index is 0.136. The highest BCUT2D eigenvalue weighted by atomic mass is 16.5. The lowest BCUT2D eigenvalue weighted by Gasteiger charge is -2.42. The molecule has 5 nitrogen and oxygen atoms in total. The van der Waals surface area contributed by atoms with E-state index in [9.17, 15) is 4.79 Å². The number of piperazine rings is 1. The topological polar surface area (TPSA) is 44.8 Å². The lowest BCUT2D eigenvalue weighted by atomic mass is 10.0. The highest BCUT2D eigenvalue weighted by Crippen LogP contribution is 2.16. The number of esters is 1. The zero-order chi connectivity index (χ0) is 15.2. The summed E-state index contributed by atoms with van der Waals surface area (Å²) < 4.78 is 5.07. The summed E-state index contributed by atoms with van der Waals surface area (Å²) in [5, 5.41) is 3.05. The van der Waals surface area contributed by atoms with Crippen LogP contribution >= 0.6 is 0 Å². The second kappa shape index (κ2) is 7.96. The number of nitrogens with one attached hydrogen (secondary N) is 1. The number of hydrogen-bond acceptors (Lipinski definition) is 5. The molecule has 118 valence electrons. The average Bonchev–Trinajstić information content (AvgIpc) is 2.39. The van der Waals surface area contributed by atoms with Crippen molar-refractivity contribution in [2.24, 2.45) is 0 Å². The summed E-state index contributed by atoms with van der Waals surface area (Å²) >= 11 is 0. The molecule has 1 aliphatic rings. The van der Waals surface area contributed by atoms with E-state index in [4.69, 9.17) is 4.74 Å². The Hall–Kier alpha value is -0.650. The number of ether oxygens (including phenoxy) is 1. The van der Waals surface area contributed by atoms with Crippen molar-refractivity contribution in [1.82, 2.24) is 15.1 Å². The second-order valence-corrected chi connectivity index (χ2v) is 6.38. The molecule has 0 spiro atoms. The minimum Gasteiger partial charge on any atom is -0.465 e. The summed E-state index contributed by atoms with van der Waals surface area (Å²) in [5.41, 5.74) is 0.254. The molecular weight excluding hydrogens is 254 g/mol. The number of carbonyl (C=O) groups is 1. The van der Waals surface area contributed by atoms with Gasteiger partial charge in [-0.05, 0) is 41.2 Å². The Kier molecular flexibility index (Phi) is 6.92. The third-order valence-electron chi connectivity index (χ3n) is 3.97. The Balaban J connectivity index is 2.31. The Morgan fingerprint density at radius 1 is 1.25 bits per heavy atom. The SMILES string of the molecule is CCOC(=O)C(CCN1CCN(C(C)(C)C)CC1)NC. The molecule has 1 heterocycles. The Morgan fingerprint density at radius 3 is 2.30 bits per heavy atom. The number of hydrogen-bond donors (Lipinski definition) is 1. The van der Waals surface area contributed by atoms with Gasteiger partial charge in [-0.2, -0.15) is 0 Å². The molecule has 0 saturated carbocycles. The molecule has 0 aliphatic carbocycles. The van der Waals surface area contributed by atoms with Crippen LogP contribution in [-0.4, -0.2) is 73.7 Å². The maximum absolute atomic E-state index is 11.7. The van der Waals surface area contributed by atoms with Crippen LogP contribution in [0.4, 0.5) is 0 Å². The lowest BCUT2D eigenvalue weighted by Crippen LogP contribution is -2.54. The van der Waals surface area contributed by atoms with E-state index in [0.717, 1.165) is 39.1 Å². The first kappa shape index (κ1) is 17.4. The van der Waals surface area contributed by atoms with Crippen LogP contribution in [0.3, 0.4) is 0 Å². The van der Waals surface area contributed by atoms with E-state index >= 15 is 0 Å². The largest absolute Gasteiger partial charge is 0.465 e. The van der Waals surface area contributed by atoms with Crippen molar-refractivity contribution in [1.29, 1.82) is 0 Å². The van der Waals surface area contributed by atoms with Crippen LogP contribution in [0.25, 0.3) is 0 Å². The fourth-order valence-corrected chi connectivity index (χ4v) is 2.58. The fourth-order valence-electron chi connectivity index (χ4n) is 2.58. The summed E-state index contributed by atoms with van der Waals surface area (Å²) in [6, 6.07) is -0.185. The van der Waals surface area contributed by atoms with Gasteiger partial charge < -0.3 is 15.0 Å². The molecule has 5 heteroatoms. The van der Waals surface area contributed by atoms with Gasteiger partial charge in [-0.15, -0.1) is 0 Å². The highest BCUT2D eigenvalue weighted by Gasteiger charge is 2.26. The molecule has 1 unspecified atom stereocenters. The van der Waals surface area contributed by atoms with E-state index in [0.29, 0.717) is 6.61 Å². The van der Waals surface area contributed by atoms with E-state index < -0.39 is 0 Å². The first-order valence-electron chi connectivity index (χ1n) is 7.69. The molecule has 1 aliphatic heterocycles.